The van der Waals surface area contributed by atoms with Crippen LogP contribution in [-0.4, -0.2) is 55.1 Å². The van der Waals surface area contributed by atoms with Crippen LogP contribution in [0.1, 0.15) is 64.7 Å². The molecule has 0 saturated heterocycles. The average molecular weight is 329 g/mol. The molecule has 0 fully saturated rings. The van der Waals surface area contributed by atoms with Gasteiger partial charge in [-0.25, -0.2) is 0 Å². The van der Waals surface area contributed by atoms with Gasteiger partial charge in [0.1, 0.15) is 18.4 Å². The van der Waals surface area contributed by atoms with Crippen molar-refractivity contribution >= 4 is 11.8 Å². The van der Waals surface area contributed by atoms with Gasteiger partial charge in [-0.15, -0.1) is 0 Å². The zero-order valence-electron chi connectivity index (χ0n) is 15.3. The molecule has 0 aliphatic heterocycles. The molecule has 0 aliphatic carbocycles. The topological polar surface area (TPSA) is 77.4 Å². The number of ketones is 1. The molecule has 0 bridgehead atoms. The van der Waals surface area contributed by atoms with E-state index in [-0.39, 0.29) is 13.0 Å². The minimum absolute atomic E-state index is 0.210. The summed E-state index contributed by atoms with van der Waals surface area (Å²) in [6.07, 6.45) is 7.88. The van der Waals surface area contributed by atoms with Gasteiger partial charge >= 0.3 is 0 Å². The van der Waals surface area contributed by atoms with Crippen LogP contribution in [0.3, 0.4) is 0 Å². The summed E-state index contributed by atoms with van der Waals surface area (Å²) < 4.78 is 0.399. The summed E-state index contributed by atoms with van der Waals surface area (Å²) >= 11 is 0. The summed E-state index contributed by atoms with van der Waals surface area (Å²) in [5, 5.41) is 21.3. The Bertz CT molecular complexity index is 349. The van der Waals surface area contributed by atoms with E-state index in [0.29, 0.717) is 10.9 Å². The first-order valence-electron chi connectivity index (χ1n) is 8.91. The quantitative estimate of drug-likeness (QED) is 0.298. The average Bonchev–Trinajstić information content (AvgIpc) is 2.39. The van der Waals surface area contributed by atoms with Gasteiger partial charge in [0.2, 0.25) is 0 Å². The highest BCUT2D eigenvalue weighted by molar-refractivity contribution is 5.98. The number of Topliss-reactive ketones (excluding diaryl/α,β-unsaturated/α-hetero) is 1. The molecule has 1 N–H and O–H groups in total. The zero-order valence-corrected chi connectivity index (χ0v) is 15.3. The fraction of sp³-hybridized carbons (Fsp3) is 0.889. The second-order valence-corrected chi connectivity index (χ2v) is 7.53. The summed E-state index contributed by atoms with van der Waals surface area (Å²) in [6, 6.07) is 0. The second kappa shape index (κ2) is 11.6. The smallest absolute Gasteiger partial charge is 0.144 e. The molecule has 5 heteroatoms. The molecule has 136 valence electrons. The van der Waals surface area contributed by atoms with Crippen LogP contribution in [0, 0.1) is 5.92 Å². The van der Waals surface area contributed by atoms with Gasteiger partial charge in [-0.3, -0.25) is 4.79 Å². The zero-order chi connectivity index (χ0) is 17.9. The third-order valence-corrected chi connectivity index (χ3v) is 4.00. The first kappa shape index (κ1) is 22.1. The minimum Gasteiger partial charge on any atom is -0.549 e. The van der Waals surface area contributed by atoms with Gasteiger partial charge in [0.15, 0.2) is 0 Å². The summed E-state index contributed by atoms with van der Waals surface area (Å²) in [5.41, 5.74) is 0. The van der Waals surface area contributed by atoms with Crippen molar-refractivity contribution in [3.8, 4) is 0 Å². The molecule has 0 spiro atoms. The van der Waals surface area contributed by atoms with E-state index >= 15 is 0 Å². The number of carboxylic acid groups (broad SMARTS) is 1. The number of rotatable bonds is 14. The van der Waals surface area contributed by atoms with E-state index in [9.17, 15) is 19.8 Å². The SMILES string of the molecule is CCCCCCCCCCC(=O)C(C(=O)[O-])C(O)C[N+](C)(C)C. The van der Waals surface area contributed by atoms with Gasteiger partial charge in [-0.1, -0.05) is 51.9 Å². The summed E-state index contributed by atoms with van der Waals surface area (Å²) in [5.74, 6) is -3.27. The summed E-state index contributed by atoms with van der Waals surface area (Å²) in [7, 11) is 5.54. The fourth-order valence-corrected chi connectivity index (χ4v) is 2.76. The van der Waals surface area contributed by atoms with Crippen molar-refractivity contribution in [2.45, 2.75) is 70.8 Å². The molecule has 2 unspecified atom stereocenters. The fourth-order valence-electron chi connectivity index (χ4n) is 2.76. The lowest BCUT2D eigenvalue weighted by Crippen LogP contribution is -2.51. The van der Waals surface area contributed by atoms with Crippen LogP contribution in [0.2, 0.25) is 0 Å². The third kappa shape index (κ3) is 11.3. The van der Waals surface area contributed by atoms with Crippen molar-refractivity contribution in [3.63, 3.8) is 0 Å². The number of quaternary nitrogens is 1. The molecular weight excluding hydrogens is 294 g/mol. The number of unbranched alkanes of at least 4 members (excludes halogenated alkanes) is 7. The standard InChI is InChI=1S/C18H35NO4/c1-5-6-7-8-9-10-11-12-13-15(20)17(18(22)23)16(21)14-19(2,3)4/h16-17,21H,5-14H2,1-4H3. The van der Waals surface area contributed by atoms with E-state index < -0.39 is 23.8 Å². The van der Waals surface area contributed by atoms with Crippen molar-refractivity contribution in [3.05, 3.63) is 0 Å². The maximum Gasteiger partial charge on any atom is 0.144 e. The summed E-state index contributed by atoms with van der Waals surface area (Å²) in [6.45, 7) is 2.40. The molecule has 23 heavy (non-hydrogen) atoms. The highest BCUT2D eigenvalue weighted by atomic mass is 16.4. The van der Waals surface area contributed by atoms with Crippen LogP contribution >= 0.6 is 0 Å². The van der Waals surface area contributed by atoms with E-state index in [2.05, 4.69) is 6.92 Å². The minimum atomic E-state index is -1.46. The lowest BCUT2D eigenvalue weighted by atomic mass is 9.93. The van der Waals surface area contributed by atoms with Gasteiger partial charge in [-0.2, -0.15) is 0 Å². The van der Waals surface area contributed by atoms with E-state index in [4.69, 9.17) is 0 Å². The van der Waals surface area contributed by atoms with Crippen LogP contribution in [0.5, 0.6) is 0 Å². The molecule has 0 heterocycles. The first-order chi connectivity index (χ1) is 10.7. The predicted molar refractivity (Wildman–Crippen MR) is 89.6 cm³/mol. The van der Waals surface area contributed by atoms with Crippen molar-refractivity contribution < 1.29 is 24.3 Å². The molecule has 5 nitrogen and oxygen atoms in total. The van der Waals surface area contributed by atoms with Crippen molar-refractivity contribution in [1.82, 2.24) is 0 Å². The largest absolute Gasteiger partial charge is 0.549 e. The van der Waals surface area contributed by atoms with Gasteiger partial charge in [0.25, 0.3) is 0 Å². The Labute approximate surface area is 141 Å². The van der Waals surface area contributed by atoms with Gasteiger partial charge in [0, 0.05) is 6.42 Å². The second-order valence-electron chi connectivity index (χ2n) is 7.53. The number of carbonyl (C=O) groups is 2. The van der Waals surface area contributed by atoms with Gasteiger partial charge < -0.3 is 19.5 Å². The maximum absolute atomic E-state index is 12.1. The number of carbonyl (C=O) groups excluding carboxylic acids is 2. The molecule has 0 aromatic carbocycles. The lowest BCUT2D eigenvalue weighted by molar-refractivity contribution is -0.873. The maximum atomic E-state index is 12.1. The van der Waals surface area contributed by atoms with Crippen LogP contribution in [0.4, 0.5) is 0 Å². The molecule has 0 aromatic heterocycles. The Morgan fingerprint density at radius 1 is 0.957 bits per heavy atom. The predicted octanol–water partition coefficient (Wildman–Crippen LogP) is 1.52. The highest BCUT2D eigenvalue weighted by Gasteiger charge is 2.31. The monoisotopic (exact) mass is 329 g/mol. The number of likely N-dealkylation sites (N-methyl/N-ethyl adjacent to an activating group) is 1. The Morgan fingerprint density at radius 2 is 1.43 bits per heavy atom. The van der Waals surface area contributed by atoms with E-state index in [0.717, 1.165) is 12.8 Å². The number of aliphatic hydroxyl groups excluding tert-OH is 1. The van der Waals surface area contributed by atoms with Crippen LogP contribution in [-0.2, 0) is 9.59 Å². The first-order valence-corrected chi connectivity index (χ1v) is 8.91. The molecule has 0 radical (unpaired) electrons. The molecule has 0 aromatic rings. The third-order valence-electron chi connectivity index (χ3n) is 4.00. The van der Waals surface area contributed by atoms with Gasteiger partial charge in [0.05, 0.1) is 33.0 Å². The van der Waals surface area contributed by atoms with Crippen molar-refractivity contribution in [1.29, 1.82) is 0 Å². The van der Waals surface area contributed by atoms with E-state index in [1.165, 1.54) is 32.1 Å². The van der Waals surface area contributed by atoms with Crippen LogP contribution in [0.15, 0.2) is 0 Å². The Hall–Kier alpha value is -0.940. The molecule has 0 rings (SSSR count). The van der Waals surface area contributed by atoms with Crippen molar-refractivity contribution in [2.24, 2.45) is 5.92 Å². The number of aliphatic hydroxyl groups is 1. The Kier molecular flexibility index (Phi) is 11.1. The lowest BCUT2D eigenvalue weighted by Gasteiger charge is -2.30. The van der Waals surface area contributed by atoms with Gasteiger partial charge in [-0.05, 0) is 6.42 Å². The number of aliphatic carboxylic acids is 1. The molecule has 0 saturated carbocycles. The molecule has 2 atom stereocenters. The highest BCUT2D eigenvalue weighted by Crippen LogP contribution is 2.15. The number of nitrogens with zero attached hydrogens (tertiary/aromatic N) is 1. The number of hydrogen-bond acceptors (Lipinski definition) is 4. The van der Waals surface area contributed by atoms with E-state index in [1.54, 1.807) is 0 Å². The summed E-state index contributed by atoms with van der Waals surface area (Å²) in [4.78, 5) is 23.3. The number of carboxylic acids is 1. The number of hydrogen-bond donors (Lipinski definition) is 1. The van der Waals surface area contributed by atoms with Crippen LogP contribution in [0.25, 0.3) is 0 Å². The Balaban J connectivity index is 4.10. The normalized spacial score (nSPS) is 14.5. The Morgan fingerprint density at radius 3 is 1.87 bits per heavy atom. The molecule has 0 aliphatic rings. The molecule has 0 amide bonds. The van der Waals surface area contributed by atoms with E-state index in [1.807, 2.05) is 21.1 Å². The molecular formula is C18H35NO4. The van der Waals surface area contributed by atoms with Crippen LogP contribution < -0.4 is 5.11 Å². The van der Waals surface area contributed by atoms with Crippen molar-refractivity contribution in [2.75, 3.05) is 27.7 Å².